The topological polar surface area (TPSA) is 56.2 Å². The van der Waals surface area contributed by atoms with Crippen molar-refractivity contribution in [3.05, 3.63) is 29.7 Å². The number of alkyl halides is 3. The number of rotatable bonds is 1. The summed E-state index contributed by atoms with van der Waals surface area (Å²) in [6, 6.07) is 4.63. The van der Waals surface area contributed by atoms with E-state index in [1.165, 1.54) is 6.07 Å². The predicted octanol–water partition coefficient (Wildman–Crippen LogP) is 1.21. The molecule has 80 valence electrons. The molecule has 15 heavy (non-hydrogen) atoms. The van der Waals surface area contributed by atoms with Gasteiger partial charge in [-0.2, -0.15) is 13.2 Å². The van der Waals surface area contributed by atoms with Gasteiger partial charge in [-0.1, -0.05) is 6.07 Å². The Hall–Kier alpha value is -1.63. The Morgan fingerprint density at radius 2 is 2.07 bits per heavy atom. The van der Waals surface area contributed by atoms with Gasteiger partial charge in [-0.05, 0) is 12.1 Å². The fourth-order valence-corrected chi connectivity index (χ4v) is 1.23. The molecule has 0 aliphatic rings. The molecule has 2 N–H and O–H groups in total. The van der Waals surface area contributed by atoms with E-state index in [0.717, 1.165) is 4.52 Å². The summed E-state index contributed by atoms with van der Waals surface area (Å²) in [7, 11) is 0. The van der Waals surface area contributed by atoms with Crippen molar-refractivity contribution in [2.75, 3.05) is 0 Å². The lowest BCUT2D eigenvalue weighted by Gasteiger charge is -1.99. The van der Waals surface area contributed by atoms with Gasteiger partial charge in [0.05, 0.1) is 5.69 Å². The Kier molecular flexibility index (Phi) is 2.11. The second kappa shape index (κ2) is 3.20. The normalized spacial score (nSPS) is 12.3. The average Bonchev–Trinajstić information content (AvgIpc) is 2.59. The third-order valence-corrected chi connectivity index (χ3v) is 1.90. The fraction of sp³-hybridized carbons (Fsp3) is 0.250. The van der Waals surface area contributed by atoms with Crippen LogP contribution in [0.15, 0.2) is 18.2 Å². The number of hydrogen-bond acceptors (Lipinski definition) is 3. The first-order chi connectivity index (χ1) is 7.02. The maximum Gasteiger partial charge on any atom is 0.453 e. The van der Waals surface area contributed by atoms with Gasteiger partial charge in [-0.25, -0.2) is 9.50 Å². The number of fused-ring (bicyclic) bond motifs is 1. The number of aromatic nitrogens is 3. The molecule has 0 spiro atoms. The Morgan fingerprint density at radius 3 is 2.67 bits per heavy atom. The third kappa shape index (κ3) is 1.65. The zero-order valence-electron chi connectivity index (χ0n) is 7.49. The first-order valence-corrected chi connectivity index (χ1v) is 4.14. The zero-order chi connectivity index (χ0) is 11.1. The minimum atomic E-state index is -4.53. The maximum atomic E-state index is 12.3. The smallest absolute Gasteiger partial charge is 0.325 e. The molecule has 2 aromatic heterocycles. The van der Waals surface area contributed by atoms with E-state index in [9.17, 15) is 13.2 Å². The minimum absolute atomic E-state index is 0.109. The van der Waals surface area contributed by atoms with E-state index >= 15 is 0 Å². The van der Waals surface area contributed by atoms with Gasteiger partial charge in [0.2, 0.25) is 0 Å². The molecule has 7 heteroatoms. The van der Waals surface area contributed by atoms with Crippen LogP contribution >= 0.6 is 0 Å². The van der Waals surface area contributed by atoms with Crippen LogP contribution in [-0.2, 0) is 12.7 Å². The Morgan fingerprint density at radius 1 is 1.33 bits per heavy atom. The fourth-order valence-electron chi connectivity index (χ4n) is 1.23. The molecule has 0 saturated carbocycles. The van der Waals surface area contributed by atoms with Gasteiger partial charge in [-0.3, -0.25) is 0 Å². The van der Waals surface area contributed by atoms with Gasteiger partial charge in [-0.15, -0.1) is 5.10 Å². The summed E-state index contributed by atoms with van der Waals surface area (Å²) in [4.78, 5) is 3.36. The Bertz CT molecular complexity index is 488. The zero-order valence-corrected chi connectivity index (χ0v) is 7.49. The summed E-state index contributed by atoms with van der Waals surface area (Å²) in [5.41, 5.74) is 5.99. The van der Waals surface area contributed by atoms with Crippen molar-refractivity contribution in [3.8, 4) is 0 Å². The molecular weight excluding hydrogens is 209 g/mol. The molecule has 2 heterocycles. The lowest BCUT2D eigenvalue weighted by Crippen LogP contribution is -2.09. The van der Waals surface area contributed by atoms with E-state index in [1.54, 1.807) is 12.1 Å². The molecule has 0 fully saturated rings. The van der Waals surface area contributed by atoms with E-state index in [1.807, 2.05) is 0 Å². The summed E-state index contributed by atoms with van der Waals surface area (Å²) < 4.78 is 38.0. The Balaban J connectivity index is 2.65. The van der Waals surface area contributed by atoms with Crippen molar-refractivity contribution in [1.82, 2.24) is 14.6 Å². The molecule has 2 rings (SSSR count). The van der Waals surface area contributed by atoms with Crippen molar-refractivity contribution in [1.29, 1.82) is 0 Å². The minimum Gasteiger partial charge on any atom is -0.325 e. The monoisotopic (exact) mass is 216 g/mol. The maximum absolute atomic E-state index is 12.3. The summed E-state index contributed by atoms with van der Waals surface area (Å²) >= 11 is 0. The van der Waals surface area contributed by atoms with E-state index in [0.29, 0.717) is 5.69 Å². The second-order valence-corrected chi connectivity index (χ2v) is 2.92. The molecule has 0 aliphatic carbocycles. The van der Waals surface area contributed by atoms with Crippen molar-refractivity contribution in [2.45, 2.75) is 12.7 Å². The lowest BCUT2D eigenvalue weighted by molar-refractivity contribution is -0.144. The van der Waals surface area contributed by atoms with Crippen LogP contribution in [0.1, 0.15) is 11.5 Å². The van der Waals surface area contributed by atoms with Crippen LogP contribution in [0.5, 0.6) is 0 Å². The first kappa shape index (κ1) is 9.91. The predicted molar refractivity (Wildman–Crippen MR) is 45.9 cm³/mol. The lowest BCUT2D eigenvalue weighted by atomic mass is 10.3. The first-order valence-electron chi connectivity index (χ1n) is 4.14. The number of nitrogens with two attached hydrogens (primary N) is 1. The number of hydrogen-bond donors (Lipinski definition) is 1. The standard InChI is InChI=1S/C8H7F3N4/c9-8(10,11)7-13-6-3-1-2-5(4-12)15(6)14-7/h1-3H,4,12H2. The number of halogens is 3. The van der Waals surface area contributed by atoms with E-state index < -0.39 is 12.0 Å². The van der Waals surface area contributed by atoms with Crippen LogP contribution in [0.4, 0.5) is 13.2 Å². The Labute approximate surface area is 82.5 Å². The molecule has 0 aliphatic heterocycles. The molecule has 0 unspecified atom stereocenters. The van der Waals surface area contributed by atoms with Gasteiger partial charge in [0.1, 0.15) is 0 Å². The SMILES string of the molecule is NCc1cccc2nc(C(F)(F)F)nn12. The van der Waals surface area contributed by atoms with Gasteiger partial charge in [0.15, 0.2) is 5.65 Å². The second-order valence-electron chi connectivity index (χ2n) is 2.92. The van der Waals surface area contributed by atoms with Crippen molar-refractivity contribution in [3.63, 3.8) is 0 Å². The van der Waals surface area contributed by atoms with Crippen LogP contribution in [0.25, 0.3) is 5.65 Å². The molecule has 0 radical (unpaired) electrons. The van der Waals surface area contributed by atoms with Crippen molar-refractivity contribution >= 4 is 5.65 Å². The van der Waals surface area contributed by atoms with Crippen molar-refractivity contribution in [2.24, 2.45) is 5.73 Å². The summed E-state index contributed by atoms with van der Waals surface area (Å²) in [6.45, 7) is 0.109. The molecule has 0 atom stereocenters. The number of nitrogens with zero attached hydrogens (tertiary/aromatic N) is 3. The van der Waals surface area contributed by atoms with Crippen LogP contribution in [0.3, 0.4) is 0 Å². The quantitative estimate of drug-likeness (QED) is 0.779. The average molecular weight is 216 g/mol. The van der Waals surface area contributed by atoms with Crippen LogP contribution in [-0.4, -0.2) is 14.6 Å². The van der Waals surface area contributed by atoms with E-state index in [-0.39, 0.29) is 12.2 Å². The van der Waals surface area contributed by atoms with Gasteiger partial charge < -0.3 is 5.73 Å². The van der Waals surface area contributed by atoms with Crippen molar-refractivity contribution < 1.29 is 13.2 Å². The van der Waals surface area contributed by atoms with E-state index in [2.05, 4.69) is 10.1 Å². The molecule has 0 bridgehead atoms. The largest absolute Gasteiger partial charge is 0.453 e. The third-order valence-electron chi connectivity index (χ3n) is 1.90. The van der Waals surface area contributed by atoms with E-state index in [4.69, 9.17) is 5.73 Å². The molecule has 0 amide bonds. The van der Waals surface area contributed by atoms with Crippen LogP contribution in [0.2, 0.25) is 0 Å². The summed E-state index contributed by atoms with van der Waals surface area (Å²) in [5.74, 6) is -1.15. The molecule has 2 aromatic rings. The van der Waals surface area contributed by atoms with Gasteiger partial charge >= 0.3 is 6.18 Å². The molecule has 0 saturated heterocycles. The highest BCUT2D eigenvalue weighted by Gasteiger charge is 2.36. The molecule has 0 aromatic carbocycles. The van der Waals surface area contributed by atoms with Crippen LogP contribution < -0.4 is 5.73 Å². The number of pyridine rings is 1. The van der Waals surface area contributed by atoms with Crippen LogP contribution in [0, 0.1) is 0 Å². The molecular formula is C8H7F3N4. The summed E-state index contributed by atoms with van der Waals surface area (Å²) in [6.07, 6.45) is -4.53. The highest BCUT2D eigenvalue weighted by molar-refractivity contribution is 5.39. The highest BCUT2D eigenvalue weighted by atomic mass is 19.4. The summed E-state index contributed by atoms with van der Waals surface area (Å²) in [5, 5.41) is 3.36. The molecule has 4 nitrogen and oxygen atoms in total. The highest BCUT2D eigenvalue weighted by Crippen LogP contribution is 2.26. The van der Waals surface area contributed by atoms with Gasteiger partial charge in [0.25, 0.3) is 5.82 Å². The van der Waals surface area contributed by atoms with Gasteiger partial charge in [0, 0.05) is 6.54 Å².